The number of nitrogens with zero attached hydrogens (tertiary/aromatic N) is 6. The summed E-state index contributed by atoms with van der Waals surface area (Å²) in [5, 5.41) is 10.2. The number of aryl methyl sites for hydroxylation is 1. The minimum absolute atomic E-state index is 0.253. The highest BCUT2D eigenvalue weighted by atomic mass is 19.4. The van der Waals surface area contributed by atoms with E-state index < -0.39 is 67.6 Å². The lowest BCUT2D eigenvalue weighted by Gasteiger charge is -2.26. The second kappa shape index (κ2) is 6.91. The molecule has 2 aromatic heterocycles. The molecule has 3 atom stereocenters. The van der Waals surface area contributed by atoms with E-state index in [1.54, 1.807) is 0 Å². The molecule has 0 bridgehead atoms. The van der Waals surface area contributed by atoms with Gasteiger partial charge in [-0.1, -0.05) is 0 Å². The number of hydrogen-bond donors (Lipinski definition) is 0. The molecule has 0 aromatic carbocycles. The van der Waals surface area contributed by atoms with Crippen molar-refractivity contribution in [2.75, 3.05) is 13.1 Å². The first kappa shape index (κ1) is 19.5. The zero-order valence-electron chi connectivity index (χ0n) is 14.8. The van der Waals surface area contributed by atoms with E-state index in [0.29, 0.717) is 12.8 Å². The number of aromatic nitrogens is 5. The van der Waals surface area contributed by atoms with Crippen LogP contribution in [-0.4, -0.2) is 60.8 Å². The fourth-order valence-corrected chi connectivity index (χ4v) is 3.54. The van der Waals surface area contributed by atoms with Crippen LogP contribution in [0.15, 0.2) is 9.21 Å². The summed E-state index contributed by atoms with van der Waals surface area (Å²) in [6.45, 7) is -1.29. The van der Waals surface area contributed by atoms with Crippen molar-refractivity contribution in [3.63, 3.8) is 0 Å². The Balaban J connectivity index is 1.59. The van der Waals surface area contributed by atoms with Gasteiger partial charge >= 0.3 is 17.8 Å². The zero-order chi connectivity index (χ0) is 20.9. The summed E-state index contributed by atoms with van der Waals surface area (Å²) in [5.41, 5.74) is -0.752. The van der Waals surface area contributed by atoms with Gasteiger partial charge in [0.1, 0.15) is 18.4 Å². The highest BCUT2D eigenvalue weighted by molar-refractivity contribution is 5.81. The molecule has 1 unspecified atom stereocenters. The van der Waals surface area contributed by atoms with Crippen molar-refractivity contribution in [3.05, 3.63) is 28.1 Å². The molecule has 4 heterocycles. The summed E-state index contributed by atoms with van der Waals surface area (Å²) in [6.07, 6.45) is -7.22. The van der Waals surface area contributed by atoms with Crippen LogP contribution in [0.3, 0.4) is 0 Å². The van der Waals surface area contributed by atoms with Crippen LogP contribution in [0.2, 0.25) is 0 Å². The minimum atomic E-state index is -4.82. The average Bonchev–Trinajstić information content (AvgIpc) is 3.34. The molecule has 14 heteroatoms. The van der Waals surface area contributed by atoms with Gasteiger partial charge in [-0.25, -0.2) is 18.3 Å². The van der Waals surface area contributed by atoms with Crippen LogP contribution in [0.4, 0.5) is 22.0 Å². The van der Waals surface area contributed by atoms with E-state index in [4.69, 9.17) is 0 Å². The van der Waals surface area contributed by atoms with Gasteiger partial charge in [0.05, 0.1) is 13.1 Å². The summed E-state index contributed by atoms with van der Waals surface area (Å²) in [4.78, 5) is 26.5. The molecule has 2 aliphatic rings. The maximum atomic E-state index is 13.4. The lowest BCUT2D eigenvalue weighted by molar-refractivity contribution is -0.157. The molecule has 2 aromatic rings. The maximum absolute atomic E-state index is 13.4. The van der Waals surface area contributed by atoms with Crippen molar-refractivity contribution < 1.29 is 31.2 Å². The number of hydrogen-bond acceptors (Lipinski definition) is 6. The molecule has 1 fully saturated rings. The number of rotatable bonds is 3. The first-order chi connectivity index (χ1) is 13.6. The fourth-order valence-electron chi connectivity index (χ4n) is 3.54. The second-order valence-corrected chi connectivity index (χ2v) is 6.91. The van der Waals surface area contributed by atoms with Gasteiger partial charge in [-0.3, -0.25) is 9.36 Å². The summed E-state index contributed by atoms with van der Waals surface area (Å²) in [5.74, 6) is -2.36. The van der Waals surface area contributed by atoms with E-state index in [2.05, 4.69) is 19.7 Å². The molecule has 0 radical (unpaired) electrons. The van der Waals surface area contributed by atoms with Crippen LogP contribution in [0.1, 0.15) is 36.5 Å². The normalized spacial score (nSPS) is 24.7. The van der Waals surface area contributed by atoms with Gasteiger partial charge in [0.2, 0.25) is 11.8 Å². The Morgan fingerprint density at radius 3 is 2.48 bits per heavy atom. The van der Waals surface area contributed by atoms with Crippen LogP contribution in [0, 0.1) is 0 Å². The molecule has 1 amide bonds. The molecular formula is C15H15F5N6O3. The van der Waals surface area contributed by atoms with Gasteiger partial charge in [-0.15, -0.1) is 10.2 Å². The molecule has 1 saturated heterocycles. The molecule has 2 aliphatic heterocycles. The van der Waals surface area contributed by atoms with Crippen LogP contribution < -0.4 is 5.69 Å². The minimum Gasteiger partial charge on any atom is -0.415 e. The monoisotopic (exact) mass is 422 g/mol. The molecule has 0 saturated carbocycles. The molecule has 0 aliphatic carbocycles. The van der Waals surface area contributed by atoms with Crippen molar-refractivity contribution in [1.82, 2.24) is 29.4 Å². The number of carbonyl (C=O) groups is 1. The van der Waals surface area contributed by atoms with Crippen LogP contribution in [0.25, 0.3) is 0 Å². The Labute approximate surface area is 159 Å². The molecule has 4 rings (SSSR count). The van der Waals surface area contributed by atoms with Gasteiger partial charge in [0.15, 0.2) is 12.3 Å². The highest BCUT2D eigenvalue weighted by Gasteiger charge is 2.41. The number of fused-ring (bicyclic) bond motifs is 1. The number of alkyl halides is 5. The van der Waals surface area contributed by atoms with Crippen LogP contribution in [-0.2, 0) is 23.9 Å². The SMILES string of the molecule is O=C([C@@H]1CCCc2nn(Cc3nnc(C(F)(F)F)o3)c(=O)n21)N1CC(F)[C@H](F)C1. The fraction of sp³-hybridized carbons (Fsp3) is 0.667. The molecule has 9 nitrogen and oxygen atoms in total. The van der Waals surface area contributed by atoms with E-state index in [1.807, 2.05) is 0 Å². The first-order valence-electron chi connectivity index (χ1n) is 8.80. The number of likely N-dealkylation sites (tertiary alicyclic amines) is 1. The van der Waals surface area contributed by atoms with E-state index >= 15 is 0 Å². The Hall–Kier alpha value is -2.80. The Kier molecular flexibility index (Phi) is 4.65. The van der Waals surface area contributed by atoms with Gasteiger partial charge in [0.25, 0.3) is 0 Å². The van der Waals surface area contributed by atoms with E-state index in [1.165, 1.54) is 0 Å². The summed E-state index contributed by atoms with van der Waals surface area (Å²) < 4.78 is 71.0. The van der Waals surface area contributed by atoms with Gasteiger partial charge in [-0.05, 0) is 12.8 Å². The zero-order valence-corrected chi connectivity index (χ0v) is 14.8. The van der Waals surface area contributed by atoms with Crippen molar-refractivity contribution in [3.8, 4) is 0 Å². The molecular weight excluding hydrogens is 407 g/mol. The highest BCUT2D eigenvalue weighted by Crippen LogP contribution is 2.29. The Morgan fingerprint density at radius 1 is 1.17 bits per heavy atom. The molecule has 0 N–H and O–H groups in total. The topological polar surface area (TPSA) is 99.0 Å². The standard InChI is InChI=1S/C15H15F5N6O3/c16-7-4-24(5-8(7)17)12(27)9-2-1-3-10-23-25(14(28)26(9)10)6-11-21-22-13(29-11)15(18,19)20/h7-9H,1-6H2/t7-,8?,9+/m1/s1. The Bertz CT molecular complexity index is 972. The Morgan fingerprint density at radius 2 is 1.86 bits per heavy atom. The largest absolute Gasteiger partial charge is 0.470 e. The smallest absolute Gasteiger partial charge is 0.415 e. The third-order valence-electron chi connectivity index (χ3n) is 4.90. The van der Waals surface area contributed by atoms with Crippen molar-refractivity contribution in [1.29, 1.82) is 0 Å². The van der Waals surface area contributed by atoms with Gasteiger partial charge in [0, 0.05) is 6.42 Å². The second-order valence-electron chi connectivity index (χ2n) is 6.91. The lowest BCUT2D eigenvalue weighted by Crippen LogP contribution is -2.42. The summed E-state index contributed by atoms with van der Waals surface area (Å²) in [7, 11) is 0. The predicted octanol–water partition coefficient (Wildman–Crippen LogP) is 0.891. The molecule has 0 spiro atoms. The molecule has 29 heavy (non-hydrogen) atoms. The number of carbonyl (C=O) groups excluding carboxylic acids is 1. The lowest BCUT2D eigenvalue weighted by atomic mass is 10.0. The van der Waals surface area contributed by atoms with Crippen LogP contribution >= 0.6 is 0 Å². The van der Waals surface area contributed by atoms with E-state index in [9.17, 15) is 31.5 Å². The van der Waals surface area contributed by atoms with Crippen molar-refractivity contribution >= 4 is 5.91 Å². The van der Waals surface area contributed by atoms with Crippen molar-refractivity contribution in [2.45, 2.75) is 50.4 Å². The average molecular weight is 422 g/mol. The third-order valence-corrected chi connectivity index (χ3v) is 4.90. The third kappa shape index (κ3) is 3.51. The van der Waals surface area contributed by atoms with Gasteiger partial charge < -0.3 is 9.32 Å². The summed E-state index contributed by atoms with van der Waals surface area (Å²) >= 11 is 0. The maximum Gasteiger partial charge on any atom is 0.470 e. The number of amides is 1. The summed E-state index contributed by atoms with van der Waals surface area (Å²) in [6, 6.07) is -0.981. The van der Waals surface area contributed by atoms with Gasteiger partial charge in [-0.2, -0.15) is 18.3 Å². The van der Waals surface area contributed by atoms with Crippen molar-refractivity contribution in [2.24, 2.45) is 0 Å². The quantitative estimate of drug-likeness (QED) is 0.682. The first-order valence-corrected chi connectivity index (χ1v) is 8.80. The van der Waals surface area contributed by atoms with E-state index in [-0.39, 0.29) is 12.2 Å². The number of halogens is 5. The predicted molar refractivity (Wildman–Crippen MR) is 83.2 cm³/mol. The molecule has 158 valence electrons. The van der Waals surface area contributed by atoms with E-state index in [0.717, 1.165) is 14.1 Å². The van der Waals surface area contributed by atoms with Crippen LogP contribution in [0.5, 0.6) is 0 Å².